The third kappa shape index (κ3) is 8.14. The van der Waals surface area contributed by atoms with Crippen LogP contribution >= 0.6 is 0 Å². The van der Waals surface area contributed by atoms with Gasteiger partial charge in [-0.15, -0.1) is 0 Å². The lowest BCUT2D eigenvalue weighted by Crippen LogP contribution is -2.59. The number of imide groups is 1. The standard InChI is InChI=1S/C51H50N6O10/c1-64-31-32-66-50(63)56-39-21-20-34(13-10-11-28-58)33-38(39)51(48(56)62)41(46(60)54-24-26-55(27-25-54)49-52-22-12-23-53-49)43-47(61)67-44(36-16-6-3-7-17-36)42(35-14-4-2-5-15-35)57(43)45(51)37-18-8-9-19-40(37)65-30-29-59/h2-9,12,14-23,33,41-45,58-59H,11,24-32H2,1H3/t41-,42-,43-,44+,45+,51-/m1/s1. The highest BCUT2D eigenvalue weighted by molar-refractivity contribution is 6.23. The van der Waals surface area contributed by atoms with Crippen LogP contribution in [0.5, 0.6) is 5.75 Å². The van der Waals surface area contributed by atoms with E-state index in [9.17, 15) is 15.0 Å². The van der Waals surface area contributed by atoms with Crippen molar-refractivity contribution < 1.29 is 48.3 Å². The van der Waals surface area contributed by atoms with Crippen LogP contribution in [-0.4, -0.2) is 126 Å². The van der Waals surface area contributed by atoms with Crippen LogP contribution in [0.2, 0.25) is 0 Å². The molecule has 6 atom stereocenters. The highest BCUT2D eigenvalue weighted by atomic mass is 16.6. The number of methoxy groups -OCH3 is 1. The molecule has 4 aliphatic rings. The van der Waals surface area contributed by atoms with Gasteiger partial charge in [0.15, 0.2) is 0 Å². The quantitative estimate of drug-likeness (QED) is 0.102. The average molecular weight is 907 g/mol. The number of rotatable bonds is 12. The summed E-state index contributed by atoms with van der Waals surface area (Å²) < 4.78 is 23.8. The number of morpholine rings is 1. The maximum atomic E-state index is 16.5. The summed E-state index contributed by atoms with van der Waals surface area (Å²) in [6.07, 6.45) is 1.52. The van der Waals surface area contributed by atoms with Crippen molar-refractivity contribution >= 4 is 35.5 Å². The third-order valence-electron chi connectivity index (χ3n) is 12.9. The molecule has 2 N–H and O–H groups in total. The molecule has 0 unspecified atom stereocenters. The molecule has 3 amide bonds. The second-order valence-electron chi connectivity index (χ2n) is 16.5. The van der Waals surface area contributed by atoms with Gasteiger partial charge in [-0.2, -0.15) is 0 Å². The third-order valence-corrected chi connectivity index (χ3v) is 12.9. The predicted molar refractivity (Wildman–Crippen MR) is 244 cm³/mol. The molecule has 0 radical (unpaired) electrons. The smallest absolute Gasteiger partial charge is 0.421 e. The Hall–Kier alpha value is -7.16. The molecular formula is C51H50N6O10. The van der Waals surface area contributed by atoms with Gasteiger partial charge in [0.25, 0.3) is 0 Å². The second kappa shape index (κ2) is 19.7. The van der Waals surface area contributed by atoms with Crippen LogP contribution < -0.4 is 14.5 Å². The fourth-order valence-corrected chi connectivity index (χ4v) is 10.2. The Morgan fingerprint density at radius 1 is 0.806 bits per heavy atom. The zero-order valence-corrected chi connectivity index (χ0v) is 36.8. The average Bonchev–Trinajstić information content (AvgIpc) is 3.82. The van der Waals surface area contributed by atoms with E-state index >= 15 is 14.4 Å². The molecule has 4 aliphatic heterocycles. The number of esters is 1. The van der Waals surface area contributed by atoms with E-state index in [0.717, 1.165) is 10.5 Å². The number of ether oxygens (including phenoxy) is 4. The number of cyclic esters (lactones) is 1. The molecule has 5 heterocycles. The fraction of sp³-hybridized carbons (Fsp3) is 0.333. The number of benzene rings is 4. The Labute approximate surface area is 387 Å². The van der Waals surface area contributed by atoms with Crippen molar-refractivity contribution in [3.63, 3.8) is 0 Å². The van der Waals surface area contributed by atoms with E-state index in [1.54, 1.807) is 65.8 Å². The van der Waals surface area contributed by atoms with Gasteiger partial charge in [0, 0.05) is 63.2 Å². The first-order valence-electron chi connectivity index (χ1n) is 22.3. The number of aromatic nitrogens is 2. The molecule has 5 aromatic rings. The number of piperazine rings is 1. The molecule has 0 saturated carbocycles. The van der Waals surface area contributed by atoms with Crippen LogP contribution in [0.15, 0.2) is 122 Å². The van der Waals surface area contributed by atoms with Crippen molar-refractivity contribution in [2.75, 3.05) is 76.1 Å². The van der Waals surface area contributed by atoms with Gasteiger partial charge >= 0.3 is 12.1 Å². The van der Waals surface area contributed by atoms with Crippen molar-refractivity contribution in [1.29, 1.82) is 0 Å². The first kappa shape index (κ1) is 45.0. The number of carbonyl (C=O) groups excluding carboxylic acids is 4. The van der Waals surface area contributed by atoms with Gasteiger partial charge in [-0.1, -0.05) is 90.7 Å². The van der Waals surface area contributed by atoms with Crippen LogP contribution in [0.1, 0.15) is 52.4 Å². The summed E-state index contributed by atoms with van der Waals surface area (Å²) in [6, 6.07) is 29.1. The van der Waals surface area contributed by atoms with Crippen molar-refractivity contribution in [3.8, 4) is 17.6 Å². The summed E-state index contributed by atoms with van der Waals surface area (Å²) in [5.41, 5.74) is 0.605. The largest absolute Gasteiger partial charge is 0.491 e. The number of fused-ring (bicyclic) bond motifs is 3. The first-order valence-corrected chi connectivity index (χ1v) is 22.3. The molecule has 3 fully saturated rings. The normalized spacial score (nSPS) is 23.3. The Kier molecular flexibility index (Phi) is 13.3. The lowest BCUT2D eigenvalue weighted by molar-refractivity contribution is -0.179. The number of para-hydroxylation sites is 1. The van der Waals surface area contributed by atoms with E-state index in [0.29, 0.717) is 41.5 Å². The van der Waals surface area contributed by atoms with Crippen LogP contribution in [0.25, 0.3) is 0 Å². The van der Waals surface area contributed by atoms with Gasteiger partial charge in [-0.05, 0) is 47.0 Å². The highest BCUT2D eigenvalue weighted by Gasteiger charge is 2.76. The predicted octanol–water partition coefficient (Wildman–Crippen LogP) is 4.38. The van der Waals surface area contributed by atoms with Gasteiger partial charge in [0.1, 0.15) is 36.5 Å². The molecule has 1 spiro atoms. The Morgan fingerprint density at radius 3 is 2.21 bits per heavy atom. The SMILES string of the molecule is COCCOC(=O)N1C(=O)[C@@]2(c3cc(C#CCCO)ccc31)[C@H](c1ccccc1OCCO)N1[C@H](c3ccccc3)[C@H](c3ccccc3)OC(=O)[C@H]1[C@@H]2C(=O)N1CCN(c2ncccn2)CC1. The number of aliphatic hydroxyl groups excluding tert-OH is 2. The zero-order valence-electron chi connectivity index (χ0n) is 36.8. The summed E-state index contributed by atoms with van der Waals surface area (Å²) >= 11 is 0. The molecule has 0 bridgehead atoms. The van der Waals surface area contributed by atoms with E-state index < -0.39 is 59.4 Å². The lowest BCUT2D eigenvalue weighted by atomic mass is 9.64. The molecule has 4 aromatic carbocycles. The van der Waals surface area contributed by atoms with Gasteiger partial charge in [-0.3, -0.25) is 19.3 Å². The molecule has 67 heavy (non-hydrogen) atoms. The minimum atomic E-state index is -2.08. The molecular weight excluding hydrogens is 857 g/mol. The van der Waals surface area contributed by atoms with Gasteiger partial charge in [0.2, 0.25) is 17.8 Å². The van der Waals surface area contributed by atoms with Crippen LogP contribution in [0, 0.1) is 17.8 Å². The number of amides is 3. The number of nitrogens with zero attached hydrogens (tertiary/aromatic N) is 6. The summed E-state index contributed by atoms with van der Waals surface area (Å²) in [6.45, 7) is 0.336. The monoisotopic (exact) mass is 906 g/mol. The van der Waals surface area contributed by atoms with Crippen LogP contribution in [-0.2, 0) is 34.0 Å². The summed E-state index contributed by atoms with van der Waals surface area (Å²) in [5, 5.41) is 19.7. The molecule has 16 heteroatoms. The van der Waals surface area contributed by atoms with E-state index in [1.807, 2.05) is 70.5 Å². The minimum Gasteiger partial charge on any atom is -0.491 e. The Balaban J connectivity index is 1.34. The molecule has 9 rings (SSSR count). The van der Waals surface area contributed by atoms with E-state index in [1.165, 1.54) is 7.11 Å². The van der Waals surface area contributed by atoms with E-state index in [-0.39, 0.29) is 63.8 Å². The number of anilines is 2. The van der Waals surface area contributed by atoms with E-state index in [2.05, 4.69) is 21.8 Å². The van der Waals surface area contributed by atoms with Gasteiger partial charge in [-0.25, -0.2) is 19.7 Å². The molecule has 3 saturated heterocycles. The minimum absolute atomic E-state index is 0.0474. The number of hydrogen-bond donors (Lipinski definition) is 2. The lowest BCUT2D eigenvalue weighted by Gasteiger charge is -2.46. The van der Waals surface area contributed by atoms with Crippen LogP contribution in [0.3, 0.4) is 0 Å². The number of carbonyl (C=O) groups is 4. The zero-order chi connectivity index (χ0) is 46.5. The van der Waals surface area contributed by atoms with Crippen LogP contribution in [0.4, 0.5) is 16.4 Å². The van der Waals surface area contributed by atoms with E-state index in [4.69, 9.17) is 18.9 Å². The molecule has 1 aromatic heterocycles. The van der Waals surface area contributed by atoms with Gasteiger partial charge in [0.05, 0.1) is 43.5 Å². The molecule has 16 nitrogen and oxygen atoms in total. The maximum absolute atomic E-state index is 16.5. The van der Waals surface area contributed by atoms with Crippen molar-refractivity contribution in [1.82, 2.24) is 19.8 Å². The van der Waals surface area contributed by atoms with Gasteiger partial charge < -0.3 is 39.0 Å². The topological polar surface area (TPSA) is 184 Å². The summed E-state index contributed by atoms with van der Waals surface area (Å²) in [7, 11) is 1.46. The first-order chi connectivity index (χ1) is 32.8. The summed E-state index contributed by atoms with van der Waals surface area (Å²) in [4.78, 5) is 78.1. The van der Waals surface area contributed by atoms with Crippen molar-refractivity contribution in [2.24, 2.45) is 5.92 Å². The van der Waals surface area contributed by atoms with Crippen molar-refractivity contribution in [3.05, 3.63) is 149 Å². The highest BCUT2D eigenvalue weighted by Crippen LogP contribution is 2.67. The van der Waals surface area contributed by atoms with Crippen molar-refractivity contribution in [2.45, 2.75) is 36.1 Å². The number of aliphatic hydroxyl groups is 2. The fourth-order valence-electron chi connectivity index (χ4n) is 10.2. The Morgan fingerprint density at radius 2 is 1.51 bits per heavy atom. The number of hydrogen-bond acceptors (Lipinski definition) is 14. The molecule has 0 aliphatic carbocycles. The second-order valence-corrected chi connectivity index (χ2v) is 16.5. The Bertz CT molecular complexity index is 2660. The summed E-state index contributed by atoms with van der Waals surface area (Å²) in [5.74, 6) is 3.29. The maximum Gasteiger partial charge on any atom is 0.421 e. The molecule has 344 valence electrons.